The zero-order valence-corrected chi connectivity index (χ0v) is 29.9. The largest absolute Gasteiger partial charge is 0.478 e. The minimum atomic E-state index is -3.69. The van der Waals surface area contributed by atoms with Gasteiger partial charge in [-0.15, -0.1) is 0 Å². The van der Waals surface area contributed by atoms with Crippen LogP contribution < -0.4 is 9.62 Å². The van der Waals surface area contributed by atoms with E-state index >= 15 is 0 Å². The summed E-state index contributed by atoms with van der Waals surface area (Å²) in [6.07, 6.45) is 0.313. The molecule has 0 saturated heterocycles. The number of nitrogens with one attached hydrogen (secondary N) is 1. The van der Waals surface area contributed by atoms with Crippen molar-refractivity contribution in [2.75, 3.05) is 18.1 Å². The second-order valence-electron chi connectivity index (χ2n) is 12.7. The van der Waals surface area contributed by atoms with Crippen molar-refractivity contribution < 1.29 is 27.9 Å². The molecule has 1 unspecified atom stereocenters. The lowest BCUT2D eigenvalue weighted by atomic mass is 9.94. The number of amides is 1. The van der Waals surface area contributed by atoms with E-state index in [1.165, 1.54) is 6.07 Å². The molecule has 1 heterocycles. The molecule has 1 aliphatic heterocycles. The van der Waals surface area contributed by atoms with Gasteiger partial charge in [-0.2, -0.15) is 0 Å². The third-order valence-electron chi connectivity index (χ3n) is 7.77. The molecule has 4 aromatic carbocycles. The van der Waals surface area contributed by atoms with Crippen molar-refractivity contribution >= 4 is 50.8 Å². The van der Waals surface area contributed by atoms with Gasteiger partial charge in [-0.25, -0.2) is 17.9 Å². The highest BCUT2D eigenvalue weighted by atomic mass is 35.5. The van der Waals surface area contributed by atoms with E-state index in [0.29, 0.717) is 22.2 Å². The number of halogens is 2. The van der Waals surface area contributed by atoms with Crippen LogP contribution in [0, 0.1) is 12.3 Å². The van der Waals surface area contributed by atoms with Crippen LogP contribution in [0.2, 0.25) is 10.0 Å². The molecule has 0 aromatic heterocycles. The Morgan fingerprint density at radius 2 is 1.65 bits per heavy atom. The van der Waals surface area contributed by atoms with Crippen LogP contribution in [0.3, 0.4) is 0 Å². The summed E-state index contributed by atoms with van der Waals surface area (Å²) in [7, 11) is -3.69. The van der Waals surface area contributed by atoms with E-state index in [0.717, 1.165) is 34.4 Å². The van der Waals surface area contributed by atoms with Gasteiger partial charge >= 0.3 is 5.97 Å². The Labute approximate surface area is 292 Å². The second kappa shape index (κ2) is 15.7. The molecule has 0 aliphatic carbocycles. The molecule has 1 aliphatic rings. The number of sulfonamides is 1. The SMILES string of the molecule is CC(C)(C)CN1C(=O)COC(c2ccccc2Cl)c2cc(Cl)ccc21.CCc1cc(S(=O)(=O)NCc2ccccc2C(=O)O)ccc1C. The summed E-state index contributed by atoms with van der Waals surface area (Å²) in [6, 6.07) is 24.4. The molecule has 1 amide bonds. The van der Waals surface area contributed by atoms with E-state index in [9.17, 15) is 18.0 Å². The Bertz CT molecular complexity index is 1910. The van der Waals surface area contributed by atoms with Gasteiger partial charge in [0, 0.05) is 39.9 Å². The highest BCUT2D eigenvalue weighted by Gasteiger charge is 2.32. The number of benzene rings is 4. The number of nitrogens with zero attached hydrogens (tertiary/aromatic N) is 1. The van der Waals surface area contributed by atoms with Crippen LogP contribution >= 0.6 is 23.2 Å². The van der Waals surface area contributed by atoms with Crippen molar-refractivity contribution in [1.29, 1.82) is 0 Å². The number of aryl methyl sites for hydroxylation is 2. The fraction of sp³-hybridized carbons (Fsp3) is 0.297. The average molecular weight is 712 g/mol. The number of hydrogen-bond donors (Lipinski definition) is 2. The van der Waals surface area contributed by atoms with E-state index < -0.39 is 22.1 Å². The number of hydrogen-bond acceptors (Lipinski definition) is 5. The maximum absolute atomic E-state index is 12.7. The topological polar surface area (TPSA) is 113 Å². The predicted molar refractivity (Wildman–Crippen MR) is 190 cm³/mol. The molecule has 11 heteroatoms. The van der Waals surface area contributed by atoms with Crippen LogP contribution in [0.5, 0.6) is 0 Å². The van der Waals surface area contributed by atoms with E-state index in [-0.39, 0.29) is 34.9 Å². The van der Waals surface area contributed by atoms with Crippen LogP contribution in [0.25, 0.3) is 0 Å². The van der Waals surface area contributed by atoms with Crippen LogP contribution in [0.1, 0.15) is 72.0 Å². The fourth-order valence-corrected chi connectivity index (χ4v) is 6.84. The van der Waals surface area contributed by atoms with E-state index in [4.69, 9.17) is 33.0 Å². The minimum absolute atomic E-state index is 0.00172. The van der Waals surface area contributed by atoms with Gasteiger partial charge in [0.15, 0.2) is 0 Å². The zero-order valence-electron chi connectivity index (χ0n) is 27.6. The van der Waals surface area contributed by atoms with Crippen LogP contribution in [-0.4, -0.2) is 38.6 Å². The summed E-state index contributed by atoms with van der Waals surface area (Å²) in [6.45, 7) is 10.7. The summed E-state index contributed by atoms with van der Waals surface area (Å²) >= 11 is 12.6. The molecule has 2 N–H and O–H groups in total. The molecule has 0 bridgehead atoms. The Kier molecular flexibility index (Phi) is 12.1. The molecule has 0 fully saturated rings. The molecule has 48 heavy (non-hydrogen) atoms. The number of anilines is 1. The Balaban J connectivity index is 0.000000218. The number of carbonyl (C=O) groups excluding carboxylic acids is 1. The number of carbonyl (C=O) groups is 2. The smallest absolute Gasteiger partial charge is 0.336 e. The standard InChI is InChI=1S/C20H21Cl2NO2.C17H19NO4S/c1-20(2,3)12-23-17-9-8-13(21)10-15(17)19(25-11-18(23)24)14-6-4-5-7-16(14)22;1-3-13-10-15(9-8-12(13)2)23(21,22)18-11-14-6-4-5-7-16(14)17(19)20/h4-10,19H,11-12H2,1-3H3;4-10,18H,3,11H2,1-2H3,(H,19,20). The highest BCUT2D eigenvalue weighted by Crippen LogP contribution is 2.40. The number of carboxylic acids is 1. The van der Waals surface area contributed by atoms with Crippen molar-refractivity contribution in [3.63, 3.8) is 0 Å². The number of carboxylic acid groups (broad SMARTS) is 1. The van der Waals surface area contributed by atoms with Crippen molar-refractivity contribution in [3.05, 3.63) is 128 Å². The number of fused-ring (bicyclic) bond motifs is 1. The Hall–Kier alpha value is -3.73. The number of ether oxygens (including phenoxy) is 1. The maximum atomic E-state index is 12.7. The van der Waals surface area contributed by atoms with Crippen LogP contribution in [0.4, 0.5) is 5.69 Å². The second-order valence-corrected chi connectivity index (χ2v) is 15.3. The van der Waals surface area contributed by atoms with Gasteiger partial charge in [-0.1, -0.05) is 93.4 Å². The molecule has 0 spiro atoms. The lowest BCUT2D eigenvalue weighted by Crippen LogP contribution is -2.39. The monoisotopic (exact) mass is 710 g/mol. The lowest BCUT2D eigenvalue weighted by Gasteiger charge is -2.30. The molecular formula is C37H40Cl2N2O6S. The summed E-state index contributed by atoms with van der Waals surface area (Å²) in [5.74, 6) is -1.14. The summed E-state index contributed by atoms with van der Waals surface area (Å²) in [5, 5.41) is 10.3. The Morgan fingerprint density at radius 3 is 2.31 bits per heavy atom. The number of rotatable bonds is 8. The van der Waals surface area contributed by atoms with Crippen molar-refractivity contribution in [2.45, 2.75) is 58.6 Å². The van der Waals surface area contributed by atoms with Crippen molar-refractivity contribution in [3.8, 4) is 0 Å². The maximum Gasteiger partial charge on any atom is 0.336 e. The first-order valence-corrected chi connectivity index (χ1v) is 17.7. The summed E-state index contributed by atoms with van der Waals surface area (Å²) < 4.78 is 33.3. The molecule has 254 valence electrons. The molecule has 0 radical (unpaired) electrons. The van der Waals surface area contributed by atoms with Crippen LogP contribution in [0.15, 0.2) is 89.8 Å². The van der Waals surface area contributed by atoms with Gasteiger partial charge in [-0.3, -0.25) is 4.79 Å². The van der Waals surface area contributed by atoms with Crippen molar-refractivity contribution in [2.24, 2.45) is 5.41 Å². The van der Waals surface area contributed by atoms with E-state index in [1.807, 2.05) is 50.2 Å². The summed E-state index contributed by atoms with van der Waals surface area (Å²) in [4.78, 5) is 25.9. The van der Waals surface area contributed by atoms with Gasteiger partial charge in [0.1, 0.15) is 12.7 Å². The van der Waals surface area contributed by atoms with Gasteiger partial charge in [0.25, 0.3) is 5.91 Å². The molecule has 0 saturated carbocycles. The minimum Gasteiger partial charge on any atom is -0.478 e. The zero-order chi connectivity index (χ0) is 35.2. The van der Waals surface area contributed by atoms with Gasteiger partial charge in [0.05, 0.1) is 10.5 Å². The third kappa shape index (κ3) is 9.24. The Morgan fingerprint density at radius 1 is 0.958 bits per heavy atom. The lowest BCUT2D eigenvalue weighted by molar-refractivity contribution is -0.124. The average Bonchev–Trinajstić information content (AvgIpc) is 3.16. The molecule has 5 rings (SSSR count). The van der Waals surface area contributed by atoms with E-state index in [1.54, 1.807) is 47.4 Å². The first kappa shape index (κ1) is 37.1. The van der Waals surface area contributed by atoms with Gasteiger partial charge < -0.3 is 14.7 Å². The summed E-state index contributed by atoms with van der Waals surface area (Å²) in [5.41, 5.74) is 5.00. The fourth-order valence-electron chi connectivity index (χ4n) is 5.37. The van der Waals surface area contributed by atoms with Crippen LogP contribution in [-0.2, 0) is 32.5 Å². The molecule has 4 aromatic rings. The quantitative estimate of drug-likeness (QED) is 0.191. The van der Waals surface area contributed by atoms with Gasteiger partial charge in [-0.05, 0) is 77.9 Å². The molecule has 1 atom stereocenters. The molecular weight excluding hydrogens is 671 g/mol. The first-order chi connectivity index (χ1) is 22.6. The first-order valence-electron chi connectivity index (χ1n) is 15.5. The van der Waals surface area contributed by atoms with Gasteiger partial charge in [0.2, 0.25) is 10.0 Å². The highest BCUT2D eigenvalue weighted by molar-refractivity contribution is 7.89. The van der Waals surface area contributed by atoms with Crippen molar-refractivity contribution in [1.82, 2.24) is 4.72 Å². The number of aromatic carboxylic acids is 1. The van der Waals surface area contributed by atoms with E-state index in [2.05, 4.69) is 25.5 Å². The third-order valence-corrected chi connectivity index (χ3v) is 9.75. The predicted octanol–water partition coefficient (Wildman–Crippen LogP) is 8.23. The molecule has 8 nitrogen and oxygen atoms in total. The normalized spacial score (nSPS) is 14.9.